The summed E-state index contributed by atoms with van der Waals surface area (Å²) in [6.07, 6.45) is 3.02. The average Bonchev–Trinajstić information content (AvgIpc) is 2.79. The SMILES string of the molecule is O=C(NCc1nccs1)c1ncccc1F. The summed E-state index contributed by atoms with van der Waals surface area (Å²) in [7, 11) is 0. The summed E-state index contributed by atoms with van der Waals surface area (Å²) in [6.45, 7) is 0.284. The molecular formula is C10H8FN3OS. The highest BCUT2D eigenvalue weighted by molar-refractivity contribution is 7.09. The van der Waals surface area contributed by atoms with Gasteiger partial charge in [-0.25, -0.2) is 14.4 Å². The highest BCUT2D eigenvalue weighted by Crippen LogP contribution is 2.05. The Hall–Kier alpha value is -1.82. The van der Waals surface area contributed by atoms with Crippen LogP contribution in [0.15, 0.2) is 29.9 Å². The molecule has 0 unspecified atom stereocenters. The molecule has 0 saturated carbocycles. The fourth-order valence-corrected chi connectivity index (χ4v) is 1.69. The molecular weight excluding hydrogens is 229 g/mol. The number of thiazole rings is 1. The van der Waals surface area contributed by atoms with Crippen LogP contribution in [0.2, 0.25) is 0 Å². The van der Waals surface area contributed by atoms with Gasteiger partial charge in [-0.05, 0) is 12.1 Å². The van der Waals surface area contributed by atoms with E-state index in [2.05, 4.69) is 15.3 Å². The third kappa shape index (κ3) is 2.40. The molecule has 2 aromatic heterocycles. The van der Waals surface area contributed by atoms with Crippen LogP contribution in [-0.2, 0) is 6.54 Å². The molecule has 0 aromatic carbocycles. The molecule has 0 radical (unpaired) electrons. The smallest absolute Gasteiger partial charge is 0.273 e. The lowest BCUT2D eigenvalue weighted by molar-refractivity contribution is 0.0941. The van der Waals surface area contributed by atoms with E-state index in [1.807, 2.05) is 5.38 Å². The van der Waals surface area contributed by atoms with E-state index in [0.717, 1.165) is 5.01 Å². The molecule has 82 valence electrons. The van der Waals surface area contributed by atoms with Crippen molar-refractivity contribution in [3.63, 3.8) is 0 Å². The number of hydrogen-bond donors (Lipinski definition) is 1. The summed E-state index contributed by atoms with van der Waals surface area (Å²) in [4.78, 5) is 19.2. The number of pyridine rings is 1. The minimum absolute atomic E-state index is 0.195. The normalized spacial score (nSPS) is 10.1. The summed E-state index contributed by atoms with van der Waals surface area (Å²) in [6, 6.07) is 2.64. The van der Waals surface area contributed by atoms with Crippen molar-refractivity contribution >= 4 is 17.2 Å². The Bertz CT molecular complexity index is 487. The number of rotatable bonds is 3. The molecule has 0 spiro atoms. The van der Waals surface area contributed by atoms with Gasteiger partial charge in [-0.1, -0.05) is 0 Å². The van der Waals surface area contributed by atoms with Crippen LogP contribution < -0.4 is 5.32 Å². The number of halogens is 1. The summed E-state index contributed by atoms with van der Waals surface area (Å²) in [5.41, 5.74) is -0.195. The van der Waals surface area contributed by atoms with E-state index < -0.39 is 11.7 Å². The largest absolute Gasteiger partial charge is 0.344 e. The molecule has 2 aromatic rings. The zero-order chi connectivity index (χ0) is 11.4. The predicted molar refractivity (Wildman–Crippen MR) is 57.5 cm³/mol. The first-order chi connectivity index (χ1) is 7.77. The van der Waals surface area contributed by atoms with Crippen LogP contribution in [-0.4, -0.2) is 15.9 Å². The number of aromatic nitrogens is 2. The Labute approximate surface area is 95.2 Å². The standard InChI is InChI=1S/C10H8FN3OS/c11-7-2-1-3-13-9(7)10(15)14-6-8-12-4-5-16-8/h1-5H,6H2,(H,14,15). The second kappa shape index (κ2) is 4.80. The van der Waals surface area contributed by atoms with Crippen LogP contribution in [0.4, 0.5) is 4.39 Å². The maximum atomic E-state index is 13.2. The number of hydrogen-bond acceptors (Lipinski definition) is 4. The minimum atomic E-state index is -0.626. The molecule has 0 bridgehead atoms. The van der Waals surface area contributed by atoms with Gasteiger partial charge in [0.05, 0.1) is 6.54 Å². The maximum absolute atomic E-state index is 13.2. The highest BCUT2D eigenvalue weighted by atomic mass is 32.1. The minimum Gasteiger partial charge on any atom is -0.344 e. The van der Waals surface area contributed by atoms with E-state index in [1.54, 1.807) is 6.20 Å². The second-order valence-corrected chi connectivity index (χ2v) is 3.92. The van der Waals surface area contributed by atoms with E-state index in [-0.39, 0.29) is 12.2 Å². The number of nitrogens with one attached hydrogen (secondary N) is 1. The lowest BCUT2D eigenvalue weighted by atomic mass is 10.3. The summed E-state index contributed by atoms with van der Waals surface area (Å²) in [5.74, 6) is -1.16. The van der Waals surface area contributed by atoms with Gasteiger partial charge in [0.25, 0.3) is 5.91 Å². The lowest BCUT2D eigenvalue weighted by Crippen LogP contribution is -2.24. The van der Waals surface area contributed by atoms with Gasteiger partial charge < -0.3 is 5.32 Å². The Morgan fingerprint density at radius 1 is 1.44 bits per heavy atom. The van der Waals surface area contributed by atoms with Gasteiger partial charge in [0.2, 0.25) is 0 Å². The third-order valence-electron chi connectivity index (χ3n) is 1.86. The number of carbonyl (C=O) groups excluding carboxylic acids is 1. The van der Waals surface area contributed by atoms with Crippen LogP contribution in [0.1, 0.15) is 15.5 Å². The van der Waals surface area contributed by atoms with Crippen LogP contribution in [0.3, 0.4) is 0 Å². The fraction of sp³-hybridized carbons (Fsp3) is 0.100. The van der Waals surface area contributed by atoms with Gasteiger partial charge in [0, 0.05) is 17.8 Å². The first-order valence-electron chi connectivity index (χ1n) is 4.54. The molecule has 16 heavy (non-hydrogen) atoms. The van der Waals surface area contributed by atoms with E-state index in [0.29, 0.717) is 0 Å². The van der Waals surface area contributed by atoms with Crippen LogP contribution in [0.5, 0.6) is 0 Å². The third-order valence-corrected chi connectivity index (χ3v) is 2.64. The summed E-state index contributed by atoms with van der Waals surface area (Å²) in [5, 5.41) is 5.13. The van der Waals surface area contributed by atoms with Crippen LogP contribution >= 0.6 is 11.3 Å². The number of nitrogens with zero attached hydrogens (tertiary/aromatic N) is 2. The van der Waals surface area contributed by atoms with Gasteiger partial charge in [0.1, 0.15) is 5.01 Å². The second-order valence-electron chi connectivity index (χ2n) is 2.94. The predicted octanol–water partition coefficient (Wildman–Crippen LogP) is 1.61. The zero-order valence-electron chi connectivity index (χ0n) is 8.18. The molecule has 0 fully saturated rings. The van der Waals surface area contributed by atoms with Crippen molar-refractivity contribution in [3.8, 4) is 0 Å². The van der Waals surface area contributed by atoms with E-state index in [4.69, 9.17) is 0 Å². The van der Waals surface area contributed by atoms with Gasteiger partial charge >= 0.3 is 0 Å². The Morgan fingerprint density at radius 2 is 2.31 bits per heavy atom. The molecule has 2 heterocycles. The molecule has 0 aliphatic carbocycles. The summed E-state index contributed by atoms with van der Waals surface area (Å²) < 4.78 is 13.2. The van der Waals surface area contributed by atoms with Gasteiger partial charge in [-0.15, -0.1) is 11.3 Å². The molecule has 2 rings (SSSR count). The first-order valence-corrected chi connectivity index (χ1v) is 5.42. The Morgan fingerprint density at radius 3 is 3.00 bits per heavy atom. The summed E-state index contributed by atoms with van der Waals surface area (Å²) >= 11 is 1.42. The Kier molecular flexibility index (Phi) is 3.21. The molecule has 0 aliphatic rings. The molecule has 0 atom stereocenters. The first kappa shape index (κ1) is 10.7. The van der Waals surface area contributed by atoms with Crippen molar-refractivity contribution in [1.29, 1.82) is 0 Å². The quantitative estimate of drug-likeness (QED) is 0.882. The van der Waals surface area contributed by atoms with Crippen LogP contribution in [0.25, 0.3) is 0 Å². The lowest BCUT2D eigenvalue weighted by Gasteiger charge is -2.02. The topological polar surface area (TPSA) is 54.9 Å². The van der Waals surface area contributed by atoms with E-state index >= 15 is 0 Å². The number of amides is 1. The molecule has 1 amide bonds. The molecule has 0 aliphatic heterocycles. The zero-order valence-corrected chi connectivity index (χ0v) is 9.00. The van der Waals surface area contributed by atoms with Crippen molar-refractivity contribution < 1.29 is 9.18 Å². The van der Waals surface area contributed by atoms with E-state index in [9.17, 15) is 9.18 Å². The maximum Gasteiger partial charge on any atom is 0.273 e. The average molecular weight is 237 g/mol. The monoisotopic (exact) mass is 237 g/mol. The Balaban J connectivity index is 2.01. The number of carbonyl (C=O) groups is 1. The van der Waals surface area contributed by atoms with Crippen molar-refractivity contribution in [3.05, 3.63) is 46.4 Å². The van der Waals surface area contributed by atoms with Crippen molar-refractivity contribution in [2.24, 2.45) is 0 Å². The van der Waals surface area contributed by atoms with Crippen molar-refractivity contribution in [2.45, 2.75) is 6.54 Å². The molecule has 1 N–H and O–H groups in total. The van der Waals surface area contributed by atoms with Crippen molar-refractivity contribution in [1.82, 2.24) is 15.3 Å². The fourth-order valence-electron chi connectivity index (χ4n) is 1.13. The molecule has 6 heteroatoms. The van der Waals surface area contributed by atoms with Gasteiger partial charge in [0.15, 0.2) is 11.5 Å². The van der Waals surface area contributed by atoms with Gasteiger partial charge in [-0.3, -0.25) is 4.79 Å². The van der Waals surface area contributed by atoms with E-state index in [1.165, 1.54) is 29.7 Å². The molecule has 0 saturated heterocycles. The van der Waals surface area contributed by atoms with Crippen molar-refractivity contribution in [2.75, 3.05) is 0 Å². The molecule has 4 nitrogen and oxygen atoms in total. The highest BCUT2D eigenvalue weighted by Gasteiger charge is 2.12. The van der Waals surface area contributed by atoms with Gasteiger partial charge in [-0.2, -0.15) is 0 Å². The van der Waals surface area contributed by atoms with Crippen LogP contribution in [0, 0.1) is 5.82 Å².